The van der Waals surface area contributed by atoms with Crippen LogP contribution in [0.5, 0.6) is 11.5 Å². The Hall–Kier alpha value is -3.55. The van der Waals surface area contributed by atoms with Gasteiger partial charge in [-0.15, -0.1) is 0 Å². The van der Waals surface area contributed by atoms with Crippen LogP contribution in [0, 0.1) is 0 Å². The summed E-state index contributed by atoms with van der Waals surface area (Å²) in [6.45, 7) is 1.93. The predicted octanol–water partition coefficient (Wildman–Crippen LogP) is 2.26. The fourth-order valence-electron chi connectivity index (χ4n) is 3.57. The molecule has 0 aliphatic carbocycles. The van der Waals surface area contributed by atoms with Crippen molar-refractivity contribution in [1.29, 1.82) is 0 Å². The van der Waals surface area contributed by atoms with Gasteiger partial charge in [-0.2, -0.15) is 0 Å². The van der Waals surface area contributed by atoms with Gasteiger partial charge in [0.25, 0.3) is 5.91 Å². The van der Waals surface area contributed by atoms with Crippen molar-refractivity contribution in [3.05, 3.63) is 59.2 Å². The Morgan fingerprint density at radius 1 is 1.14 bits per heavy atom. The lowest BCUT2D eigenvalue weighted by Crippen LogP contribution is -2.45. The third kappa shape index (κ3) is 3.49. The van der Waals surface area contributed by atoms with Gasteiger partial charge in [-0.25, -0.2) is 9.59 Å². The first kappa shape index (κ1) is 18.8. The lowest BCUT2D eigenvalue weighted by molar-refractivity contribution is -0.131. The number of fused-ring (bicyclic) bond motifs is 1. The summed E-state index contributed by atoms with van der Waals surface area (Å²) >= 11 is 0. The minimum Gasteiger partial charge on any atom is -0.465 e. The Morgan fingerprint density at radius 3 is 2.72 bits per heavy atom. The maximum absolute atomic E-state index is 13.1. The van der Waals surface area contributed by atoms with Crippen LogP contribution in [0.1, 0.15) is 28.4 Å². The molecule has 2 heterocycles. The number of hydrogen-bond acceptors (Lipinski definition) is 6. The van der Waals surface area contributed by atoms with Crippen molar-refractivity contribution in [2.45, 2.75) is 25.4 Å². The van der Waals surface area contributed by atoms with E-state index in [9.17, 15) is 14.4 Å². The number of benzene rings is 2. The molecule has 0 spiro atoms. The van der Waals surface area contributed by atoms with Gasteiger partial charge in [0.05, 0.1) is 19.2 Å². The summed E-state index contributed by atoms with van der Waals surface area (Å²) in [7, 11) is 1.30. The predicted molar refractivity (Wildman–Crippen MR) is 102 cm³/mol. The Balaban J connectivity index is 1.52. The highest BCUT2D eigenvalue weighted by molar-refractivity contribution is 6.07. The second-order valence-electron chi connectivity index (χ2n) is 7.21. The third-order valence-corrected chi connectivity index (χ3v) is 5.03. The molecule has 1 atom stereocenters. The fourth-order valence-corrected chi connectivity index (χ4v) is 3.57. The van der Waals surface area contributed by atoms with Gasteiger partial charge in [0.2, 0.25) is 6.79 Å². The van der Waals surface area contributed by atoms with Gasteiger partial charge in [0.15, 0.2) is 11.5 Å². The molecule has 0 saturated carbocycles. The maximum atomic E-state index is 13.1. The number of esters is 1. The SMILES string of the molecule is COC(=O)c1cccc(CN2C(=O)NC(C)(Cc3ccc4c(c3)OCO4)C2=O)c1. The third-order valence-electron chi connectivity index (χ3n) is 5.03. The largest absolute Gasteiger partial charge is 0.465 e. The van der Waals surface area contributed by atoms with Gasteiger partial charge in [0, 0.05) is 6.42 Å². The van der Waals surface area contributed by atoms with Crippen LogP contribution < -0.4 is 14.8 Å². The number of methoxy groups -OCH3 is 1. The van der Waals surface area contributed by atoms with Crippen LogP contribution in [0.25, 0.3) is 0 Å². The van der Waals surface area contributed by atoms with Crippen molar-refractivity contribution in [3.63, 3.8) is 0 Å². The minimum absolute atomic E-state index is 0.0617. The van der Waals surface area contributed by atoms with E-state index in [2.05, 4.69) is 5.32 Å². The second-order valence-corrected chi connectivity index (χ2v) is 7.21. The van der Waals surface area contributed by atoms with Crippen LogP contribution in [0.2, 0.25) is 0 Å². The molecule has 8 nitrogen and oxygen atoms in total. The number of amides is 3. The van der Waals surface area contributed by atoms with E-state index in [1.54, 1.807) is 37.3 Å². The van der Waals surface area contributed by atoms with Crippen LogP contribution >= 0.6 is 0 Å². The summed E-state index contributed by atoms with van der Waals surface area (Å²) in [5, 5.41) is 2.79. The molecular weight excluding hydrogens is 376 g/mol. The topological polar surface area (TPSA) is 94.2 Å². The quantitative estimate of drug-likeness (QED) is 0.615. The molecule has 8 heteroatoms. The Bertz CT molecular complexity index is 1000. The molecule has 4 rings (SSSR count). The normalized spacial score (nSPS) is 20.0. The zero-order chi connectivity index (χ0) is 20.6. The number of carbonyl (C=O) groups is 3. The van der Waals surface area contributed by atoms with Crippen molar-refractivity contribution in [2.24, 2.45) is 0 Å². The van der Waals surface area contributed by atoms with E-state index < -0.39 is 17.5 Å². The Kier molecular flexibility index (Phi) is 4.62. The molecule has 2 aliphatic rings. The summed E-state index contributed by atoms with van der Waals surface area (Å²) in [4.78, 5) is 38.4. The van der Waals surface area contributed by atoms with Crippen molar-refractivity contribution < 1.29 is 28.6 Å². The lowest BCUT2D eigenvalue weighted by atomic mass is 9.92. The van der Waals surface area contributed by atoms with E-state index in [4.69, 9.17) is 14.2 Å². The smallest absolute Gasteiger partial charge is 0.337 e. The first-order valence-corrected chi connectivity index (χ1v) is 9.09. The number of carbonyl (C=O) groups excluding carboxylic acids is 3. The summed E-state index contributed by atoms with van der Waals surface area (Å²) in [6, 6.07) is 11.6. The van der Waals surface area contributed by atoms with E-state index in [1.165, 1.54) is 7.11 Å². The van der Waals surface area contributed by atoms with Crippen molar-refractivity contribution in [3.8, 4) is 11.5 Å². The Labute approximate surface area is 167 Å². The molecule has 150 valence electrons. The minimum atomic E-state index is -1.08. The zero-order valence-corrected chi connectivity index (χ0v) is 16.1. The average molecular weight is 396 g/mol. The lowest BCUT2D eigenvalue weighted by Gasteiger charge is -2.22. The highest BCUT2D eigenvalue weighted by atomic mass is 16.7. The molecule has 1 N–H and O–H groups in total. The summed E-state index contributed by atoms with van der Waals surface area (Å²) < 4.78 is 15.4. The number of rotatable bonds is 5. The molecule has 0 radical (unpaired) electrons. The van der Waals surface area contributed by atoms with E-state index in [-0.39, 0.29) is 19.2 Å². The molecule has 1 unspecified atom stereocenters. The second kappa shape index (κ2) is 7.12. The first-order chi connectivity index (χ1) is 13.9. The van der Waals surface area contributed by atoms with Crippen molar-refractivity contribution >= 4 is 17.9 Å². The van der Waals surface area contributed by atoms with Gasteiger partial charge >= 0.3 is 12.0 Å². The summed E-state index contributed by atoms with van der Waals surface area (Å²) in [6.07, 6.45) is 0.312. The number of ether oxygens (including phenoxy) is 3. The highest BCUT2D eigenvalue weighted by Gasteiger charge is 2.47. The van der Waals surface area contributed by atoms with E-state index >= 15 is 0 Å². The van der Waals surface area contributed by atoms with Crippen LogP contribution in [0.15, 0.2) is 42.5 Å². The maximum Gasteiger partial charge on any atom is 0.337 e. The van der Waals surface area contributed by atoms with Gasteiger partial charge < -0.3 is 19.5 Å². The van der Waals surface area contributed by atoms with Crippen LogP contribution in [-0.4, -0.2) is 42.2 Å². The van der Waals surface area contributed by atoms with E-state index in [0.29, 0.717) is 29.0 Å². The molecule has 29 heavy (non-hydrogen) atoms. The van der Waals surface area contributed by atoms with Gasteiger partial charge in [-0.05, 0) is 42.3 Å². The summed E-state index contributed by atoms with van der Waals surface area (Å²) in [5.74, 6) is 0.479. The highest BCUT2D eigenvalue weighted by Crippen LogP contribution is 2.34. The number of nitrogens with one attached hydrogen (secondary N) is 1. The number of nitrogens with zero attached hydrogens (tertiary/aromatic N) is 1. The number of urea groups is 1. The van der Waals surface area contributed by atoms with E-state index in [0.717, 1.165) is 10.5 Å². The molecule has 3 amide bonds. The van der Waals surface area contributed by atoms with Crippen LogP contribution in [0.3, 0.4) is 0 Å². The summed E-state index contributed by atoms with van der Waals surface area (Å²) in [5.41, 5.74) is 0.786. The number of hydrogen-bond donors (Lipinski definition) is 1. The number of imide groups is 1. The molecule has 2 aromatic carbocycles. The zero-order valence-electron chi connectivity index (χ0n) is 16.1. The molecule has 0 aromatic heterocycles. The molecule has 1 fully saturated rings. The molecule has 1 saturated heterocycles. The molecule has 0 bridgehead atoms. The fraction of sp³-hybridized carbons (Fsp3) is 0.286. The van der Waals surface area contributed by atoms with Gasteiger partial charge in [-0.1, -0.05) is 18.2 Å². The Morgan fingerprint density at radius 2 is 1.93 bits per heavy atom. The molecule has 2 aliphatic heterocycles. The molecule has 2 aromatic rings. The first-order valence-electron chi connectivity index (χ1n) is 9.09. The standard InChI is InChI=1S/C21H20N2O6/c1-21(10-13-6-7-16-17(9-13)29-12-28-16)19(25)23(20(26)22-21)11-14-4-3-5-15(8-14)18(24)27-2/h3-9H,10-12H2,1-2H3,(H,22,26). The van der Waals surface area contributed by atoms with Crippen molar-refractivity contribution in [2.75, 3.05) is 13.9 Å². The average Bonchev–Trinajstić information content (AvgIpc) is 3.25. The van der Waals surface area contributed by atoms with Crippen molar-refractivity contribution in [1.82, 2.24) is 10.2 Å². The monoisotopic (exact) mass is 396 g/mol. The van der Waals surface area contributed by atoms with Gasteiger partial charge in [-0.3, -0.25) is 9.69 Å². The van der Waals surface area contributed by atoms with Crippen LogP contribution in [0.4, 0.5) is 4.79 Å². The van der Waals surface area contributed by atoms with Crippen LogP contribution in [-0.2, 0) is 22.5 Å². The van der Waals surface area contributed by atoms with E-state index in [1.807, 2.05) is 12.1 Å². The van der Waals surface area contributed by atoms with Gasteiger partial charge in [0.1, 0.15) is 5.54 Å². The molecular formula is C21H20N2O6.